The second-order valence-corrected chi connectivity index (χ2v) is 10.3. The van der Waals surface area contributed by atoms with Gasteiger partial charge in [-0.1, -0.05) is 26.0 Å². The smallest absolute Gasteiger partial charge is 0.246 e. The van der Waals surface area contributed by atoms with E-state index in [0.29, 0.717) is 23.8 Å². The number of rotatable bonds is 1. The van der Waals surface area contributed by atoms with Crippen LogP contribution in [0.1, 0.15) is 58.8 Å². The van der Waals surface area contributed by atoms with Gasteiger partial charge in [-0.3, -0.25) is 4.79 Å². The third-order valence-corrected chi connectivity index (χ3v) is 9.07. The second-order valence-electron chi connectivity index (χ2n) is 10.3. The first-order valence-corrected chi connectivity index (χ1v) is 10.7. The van der Waals surface area contributed by atoms with Crippen LogP contribution in [-0.2, 0) is 4.79 Å². The number of hydrogen-bond acceptors (Lipinski definition) is 2. The van der Waals surface area contributed by atoms with Crippen LogP contribution in [0, 0.1) is 34.5 Å². The molecule has 0 aromatic carbocycles. The molecule has 5 aliphatic rings. The Bertz CT molecular complexity index is 692. The summed E-state index contributed by atoms with van der Waals surface area (Å²) in [6, 6.07) is 0.346. The Morgan fingerprint density at radius 3 is 2.65 bits per heavy atom. The monoisotopic (exact) mass is 355 g/mol. The molecule has 0 aromatic heterocycles. The summed E-state index contributed by atoms with van der Waals surface area (Å²) in [6.07, 6.45) is 14.6. The highest BCUT2D eigenvalue weighted by atomic mass is 16.3. The largest absolute Gasteiger partial charge is 0.388 e. The van der Waals surface area contributed by atoms with Gasteiger partial charge < -0.3 is 10.0 Å². The molecular weight excluding hydrogens is 322 g/mol. The van der Waals surface area contributed by atoms with Crippen LogP contribution < -0.4 is 0 Å². The van der Waals surface area contributed by atoms with Crippen LogP contribution in [0.5, 0.6) is 0 Å². The van der Waals surface area contributed by atoms with Gasteiger partial charge in [-0.2, -0.15) is 0 Å². The van der Waals surface area contributed by atoms with Gasteiger partial charge in [-0.25, -0.2) is 0 Å². The summed E-state index contributed by atoms with van der Waals surface area (Å²) >= 11 is 0. The molecular formula is C23H33NO2. The number of carbonyl (C=O) groups excluding carboxylic acids is 1. The van der Waals surface area contributed by atoms with Crippen molar-refractivity contribution in [1.82, 2.24) is 4.90 Å². The van der Waals surface area contributed by atoms with Crippen molar-refractivity contribution < 1.29 is 9.90 Å². The minimum Gasteiger partial charge on any atom is -0.388 e. The zero-order valence-electron chi connectivity index (χ0n) is 16.4. The van der Waals surface area contributed by atoms with E-state index < -0.39 is 0 Å². The maximum atomic E-state index is 12.2. The van der Waals surface area contributed by atoms with E-state index in [0.717, 1.165) is 25.2 Å². The van der Waals surface area contributed by atoms with E-state index in [9.17, 15) is 9.90 Å². The molecule has 1 amide bonds. The molecule has 7 atom stereocenters. The molecule has 142 valence electrons. The Labute approximate surface area is 157 Å². The number of carbonyl (C=O) groups is 1. The summed E-state index contributed by atoms with van der Waals surface area (Å²) in [5.41, 5.74) is 1.51. The fourth-order valence-corrected chi connectivity index (χ4v) is 7.32. The molecule has 26 heavy (non-hydrogen) atoms. The number of nitrogens with zero attached hydrogens (tertiary/aromatic N) is 1. The van der Waals surface area contributed by atoms with Crippen molar-refractivity contribution in [3.63, 3.8) is 0 Å². The maximum Gasteiger partial charge on any atom is 0.246 e. The lowest BCUT2D eigenvalue weighted by molar-refractivity contribution is -0.140. The van der Waals surface area contributed by atoms with E-state index in [4.69, 9.17) is 0 Å². The van der Waals surface area contributed by atoms with Gasteiger partial charge in [0.1, 0.15) is 0 Å². The molecule has 0 saturated heterocycles. The predicted octanol–water partition coefficient (Wildman–Crippen LogP) is 3.93. The molecule has 0 bridgehead atoms. The SMILES string of the molecule is CN1C(=O)C=C[C@]2(C)[C@H]3CC[C@]4(C)[C@@H](O)C(=CC5CC5)C[C@H]4[C@@H]3CC[C@@H]12. The van der Waals surface area contributed by atoms with E-state index in [-0.39, 0.29) is 22.8 Å². The molecule has 3 heteroatoms. The van der Waals surface area contributed by atoms with Gasteiger partial charge in [0.25, 0.3) is 0 Å². The third-order valence-electron chi connectivity index (χ3n) is 9.07. The van der Waals surface area contributed by atoms with Crippen molar-refractivity contribution in [2.24, 2.45) is 34.5 Å². The van der Waals surface area contributed by atoms with Crippen LogP contribution in [-0.4, -0.2) is 35.1 Å². The van der Waals surface area contributed by atoms with Crippen LogP contribution in [0.2, 0.25) is 0 Å². The van der Waals surface area contributed by atoms with Crippen LogP contribution in [0.15, 0.2) is 23.8 Å². The van der Waals surface area contributed by atoms with Gasteiger partial charge in [-0.05, 0) is 80.3 Å². The minimum absolute atomic E-state index is 0.0607. The van der Waals surface area contributed by atoms with Crippen LogP contribution in [0.25, 0.3) is 0 Å². The zero-order valence-corrected chi connectivity index (χ0v) is 16.4. The summed E-state index contributed by atoms with van der Waals surface area (Å²) < 4.78 is 0. The standard InChI is InChI=1S/C23H33NO2/c1-22-11-9-20(25)24(3)19(22)7-6-16-17(22)8-10-23(2)18(16)13-15(21(23)26)12-14-4-5-14/h9,11-12,14,16-19,21,26H,4-8,10,13H2,1-3H3/t16-,17+,18+,19-,21+,22-,23+/m1/s1. The molecule has 1 heterocycles. The molecule has 0 aromatic rings. The first kappa shape index (κ1) is 17.0. The number of aliphatic hydroxyl groups is 1. The highest BCUT2D eigenvalue weighted by Gasteiger charge is 2.61. The number of allylic oxidation sites excluding steroid dienone is 1. The summed E-state index contributed by atoms with van der Waals surface area (Å²) in [5.74, 6) is 2.83. The van der Waals surface area contributed by atoms with Gasteiger partial charge in [0.15, 0.2) is 0 Å². The van der Waals surface area contributed by atoms with E-state index >= 15 is 0 Å². The van der Waals surface area contributed by atoms with E-state index in [2.05, 4.69) is 26.0 Å². The third kappa shape index (κ3) is 2.19. The maximum absolute atomic E-state index is 12.2. The fraction of sp³-hybridized carbons (Fsp3) is 0.783. The van der Waals surface area contributed by atoms with Crippen LogP contribution in [0.3, 0.4) is 0 Å². The first-order valence-electron chi connectivity index (χ1n) is 10.7. The zero-order chi connectivity index (χ0) is 18.3. The summed E-state index contributed by atoms with van der Waals surface area (Å²) in [7, 11) is 1.98. The van der Waals surface area contributed by atoms with Crippen molar-refractivity contribution in [2.75, 3.05) is 7.05 Å². The molecule has 0 unspecified atom stereocenters. The number of hydrogen-bond donors (Lipinski definition) is 1. The average Bonchev–Trinajstić information content (AvgIpc) is 3.39. The molecule has 4 aliphatic carbocycles. The van der Waals surface area contributed by atoms with Crippen LogP contribution >= 0.6 is 0 Å². The number of fused-ring (bicyclic) bond motifs is 5. The van der Waals surface area contributed by atoms with E-state index in [1.807, 2.05) is 18.0 Å². The molecule has 3 nitrogen and oxygen atoms in total. The van der Waals surface area contributed by atoms with Gasteiger partial charge in [0, 0.05) is 23.9 Å². The number of likely N-dealkylation sites (N-methyl/N-ethyl adjacent to an activating group) is 1. The summed E-state index contributed by atoms with van der Waals surface area (Å²) in [5, 5.41) is 11.1. The molecule has 1 N–H and O–H groups in total. The lowest BCUT2D eigenvalue weighted by Gasteiger charge is -2.59. The van der Waals surface area contributed by atoms with Gasteiger partial charge in [0.05, 0.1) is 6.10 Å². The van der Waals surface area contributed by atoms with Crippen molar-refractivity contribution >= 4 is 5.91 Å². The Morgan fingerprint density at radius 1 is 1.15 bits per heavy atom. The Hall–Kier alpha value is -1.09. The average molecular weight is 356 g/mol. The molecule has 5 rings (SSSR count). The van der Waals surface area contributed by atoms with Crippen molar-refractivity contribution in [2.45, 2.75) is 70.9 Å². The molecule has 0 radical (unpaired) electrons. The Kier molecular flexibility index (Phi) is 3.58. The van der Waals surface area contributed by atoms with Gasteiger partial charge in [0.2, 0.25) is 5.91 Å². The quantitative estimate of drug-likeness (QED) is 0.724. The molecule has 4 fully saturated rings. The molecule has 0 spiro atoms. The lowest BCUT2D eigenvalue weighted by atomic mass is 9.48. The van der Waals surface area contributed by atoms with Crippen molar-refractivity contribution in [3.05, 3.63) is 23.8 Å². The minimum atomic E-state index is -0.231. The summed E-state index contributed by atoms with van der Waals surface area (Å²) in [4.78, 5) is 14.2. The first-order chi connectivity index (χ1) is 12.3. The highest BCUT2D eigenvalue weighted by molar-refractivity contribution is 5.89. The highest BCUT2D eigenvalue weighted by Crippen LogP contribution is 2.65. The Balaban J connectivity index is 1.48. The lowest BCUT2D eigenvalue weighted by Crippen LogP contribution is -2.59. The number of aliphatic hydroxyl groups excluding tert-OH is 1. The number of amides is 1. The topological polar surface area (TPSA) is 40.5 Å². The van der Waals surface area contributed by atoms with Crippen molar-refractivity contribution in [1.29, 1.82) is 0 Å². The predicted molar refractivity (Wildman–Crippen MR) is 102 cm³/mol. The van der Waals surface area contributed by atoms with E-state index in [1.165, 1.54) is 31.3 Å². The van der Waals surface area contributed by atoms with Gasteiger partial charge in [-0.15, -0.1) is 0 Å². The Morgan fingerprint density at radius 2 is 1.92 bits per heavy atom. The van der Waals surface area contributed by atoms with Crippen LogP contribution in [0.4, 0.5) is 0 Å². The van der Waals surface area contributed by atoms with Crippen molar-refractivity contribution in [3.8, 4) is 0 Å². The molecule has 4 saturated carbocycles. The van der Waals surface area contributed by atoms with Gasteiger partial charge >= 0.3 is 0 Å². The fourth-order valence-electron chi connectivity index (χ4n) is 7.32. The molecule has 1 aliphatic heterocycles. The second kappa shape index (κ2) is 5.47. The van der Waals surface area contributed by atoms with E-state index in [1.54, 1.807) is 0 Å². The summed E-state index contributed by atoms with van der Waals surface area (Å²) in [6.45, 7) is 4.75. The normalized spacial score (nSPS) is 52.0.